The first-order valence-electron chi connectivity index (χ1n) is 14.4. The first-order valence-corrected chi connectivity index (χ1v) is 19.3. The molecule has 1 aromatic rings. The second-order valence-electron chi connectivity index (χ2n) is 10.8. The molecule has 11 unspecified atom stereocenters. The molecular formula is C25H35FN2O19P2S2. The average Bonchev–Trinajstić information content (AvgIpc) is 3.50. The second-order valence-corrected chi connectivity index (χ2v) is 16.1. The maximum Gasteiger partial charge on any atom is 0.481 e. The molecule has 26 heteroatoms. The number of nitrogen functional groups attached to an aromatic ring is 1. The maximum absolute atomic E-state index is 15.4. The summed E-state index contributed by atoms with van der Waals surface area (Å²) < 4.78 is 74.1. The van der Waals surface area contributed by atoms with Crippen molar-refractivity contribution in [2.45, 2.75) is 89.0 Å². The minimum Gasteiger partial charge on any atom is -0.463 e. The molecule has 2 aliphatic heterocycles. The van der Waals surface area contributed by atoms with Crippen molar-refractivity contribution in [1.82, 2.24) is 0 Å². The summed E-state index contributed by atoms with van der Waals surface area (Å²) in [5.41, 5.74) is 11.2. The monoisotopic (exact) mass is 812 g/mol. The second kappa shape index (κ2) is 17.4. The fourth-order valence-corrected chi connectivity index (χ4v) is 8.84. The van der Waals surface area contributed by atoms with Crippen LogP contribution < -0.4 is 11.5 Å². The Bertz CT molecular complexity index is 1580. The summed E-state index contributed by atoms with van der Waals surface area (Å²) in [6.07, 6.45) is -19.0. The number of alkyl halides is 1. The van der Waals surface area contributed by atoms with Gasteiger partial charge in [0, 0.05) is 33.3 Å². The van der Waals surface area contributed by atoms with Gasteiger partial charge in [0.25, 0.3) is 5.91 Å². The molecule has 0 bridgehead atoms. The molecule has 21 nitrogen and oxygen atoms in total. The van der Waals surface area contributed by atoms with Crippen molar-refractivity contribution in [3.05, 3.63) is 15.8 Å². The van der Waals surface area contributed by atoms with E-state index in [0.717, 1.165) is 39.0 Å². The van der Waals surface area contributed by atoms with E-state index in [4.69, 9.17) is 56.0 Å². The zero-order valence-electron chi connectivity index (χ0n) is 26.9. The minimum absolute atomic E-state index is 0.0374. The number of thiophene rings is 1. The van der Waals surface area contributed by atoms with Crippen LogP contribution in [0.5, 0.6) is 0 Å². The van der Waals surface area contributed by atoms with Crippen molar-refractivity contribution in [2.75, 3.05) is 18.9 Å². The number of anilines is 1. The van der Waals surface area contributed by atoms with Crippen molar-refractivity contribution in [2.24, 2.45) is 5.73 Å². The van der Waals surface area contributed by atoms with Crippen molar-refractivity contribution in [3.63, 3.8) is 0 Å². The molecule has 2 saturated heterocycles. The fourth-order valence-electron chi connectivity index (χ4n) is 4.88. The molecule has 0 aromatic carbocycles. The number of amides is 1. The Kier molecular flexibility index (Phi) is 14.6. The number of carbonyl (C=O) groups is 5. The maximum atomic E-state index is 15.4. The van der Waals surface area contributed by atoms with E-state index in [0.29, 0.717) is 0 Å². The Morgan fingerprint density at radius 1 is 0.961 bits per heavy atom. The van der Waals surface area contributed by atoms with E-state index >= 15 is 4.39 Å². The molecule has 0 radical (unpaired) electrons. The van der Waals surface area contributed by atoms with Crippen LogP contribution in [-0.4, -0.2) is 118 Å². The number of rotatable bonds is 15. The van der Waals surface area contributed by atoms with Gasteiger partial charge in [-0.15, -0.1) is 11.3 Å². The van der Waals surface area contributed by atoms with Crippen molar-refractivity contribution in [1.29, 1.82) is 0 Å². The molecule has 3 heterocycles. The Hall–Kier alpha value is -2.70. The number of primary amides is 1. The van der Waals surface area contributed by atoms with Gasteiger partial charge in [0.2, 0.25) is 6.29 Å². The lowest BCUT2D eigenvalue weighted by atomic mass is 9.95. The number of nitrogens with two attached hydrogens (primary N) is 2. The van der Waals surface area contributed by atoms with Crippen LogP contribution >= 0.6 is 25.9 Å². The number of ether oxygens (including phenoxy) is 6. The Balaban J connectivity index is 1.82. The number of hydrogen-bond donors (Lipinski definition) is 6. The third-order valence-corrected chi connectivity index (χ3v) is 11.4. The zero-order chi connectivity index (χ0) is 38.6. The van der Waals surface area contributed by atoms with E-state index in [-0.39, 0.29) is 16.1 Å². The van der Waals surface area contributed by atoms with Crippen LogP contribution in [0, 0.1) is 0 Å². The number of aliphatic hydroxyl groups is 2. The lowest BCUT2D eigenvalue weighted by molar-refractivity contribution is -0.296. The van der Waals surface area contributed by atoms with Crippen molar-refractivity contribution >= 4 is 73.2 Å². The highest BCUT2D eigenvalue weighted by molar-refractivity contribution is 8.08. The fraction of sp³-hybridized carbons (Fsp3) is 0.640. The molecule has 2 aliphatic rings. The van der Waals surface area contributed by atoms with E-state index < -0.39 is 119 Å². The van der Waals surface area contributed by atoms with Gasteiger partial charge in [0.05, 0.1) is 12.3 Å². The summed E-state index contributed by atoms with van der Waals surface area (Å²) in [4.78, 5) is 79.9. The minimum atomic E-state index is -5.73. The molecule has 0 spiro atoms. The van der Waals surface area contributed by atoms with Gasteiger partial charge in [-0.2, -0.15) is 0 Å². The molecule has 12 atom stereocenters. The first kappa shape index (κ1) is 42.7. The topological polar surface area (TPSA) is 318 Å². The smallest absolute Gasteiger partial charge is 0.463 e. The van der Waals surface area contributed by atoms with Gasteiger partial charge < -0.3 is 64.4 Å². The highest BCUT2D eigenvalue weighted by Crippen LogP contribution is 2.62. The van der Waals surface area contributed by atoms with E-state index in [1.807, 2.05) is 0 Å². The number of esters is 4. The molecule has 0 aliphatic carbocycles. The molecule has 2 fully saturated rings. The SMILES string of the molecule is CC(=O)OC[C@H](F)C1OC(OP(=O)(O)OP(O)(=S)OCC2OC(c3csc(C(N)=O)c3N)C(O)C2O)C(OC(C)=O)C(OC(C)=O)C1OC(C)=O. The van der Waals surface area contributed by atoms with Crippen LogP contribution in [0.25, 0.3) is 0 Å². The van der Waals surface area contributed by atoms with Gasteiger partial charge in [-0.25, -0.2) is 13.3 Å². The van der Waals surface area contributed by atoms with Crippen LogP contribution in [0.15, 0.2) is 5.38 Å². The van der Waals surface area contributed by atoms with Gasteiger partial charge >= 0.3 is 38.4 Å². The summed E-state index contributed by atoms with van der Waals surface area (Å²) >= 11 is 5.64. The van der Waals surface area contributed by atoms with Crippen LogP contribution in [0.4, 0.5) is 10.1 Å². The van der Waals surface area contributed by atoms with Gasteiger partial charge in [-0.1, -0.05) is 0 Å². The largest absolute Gasteiger partial charge is 0.481 e. The number of hydrogen-bond acceptors (Lipinski definition) is 20. The van der Waals surface area contributed by atoms with Crippen molar-refractivity contribution < 1.29 is 94.7 Å². The molecule has 3 rings (SSSR count). The predicted molar refractivity (Wildman–Crippen MR) is 168 cm³/mol. The number of aliphatic hydroxyl groups excluding tert-OH is 2. The van der Waals surface area contributed by atoms with Crippen LogP contribution in [-0.2, 0) is 77.3 Å². The molecule has 1 aromatic heterocycles. The molecule has 1 amide bonds. The highest BCUT2D eigenvalue weighted by Gasteiger charge is 2.57. The van der Waals surface area contributed by atoms with E-state index in [9.17, 15) is 48.5 Å². The normalized spacial score (nSPS) is 30.6. The number of phosphoric ester groups is 1. The third kappa shape index (κ3) is 11.4. The zero-order valence-corrected chi connectivity index (χ0v) is 30.3. The van der Waals surface area contributed by atoms with Gasteiger partial charge in [0.1, 0.15) is 42.0 Å². The van der Waals surface area contributed by atoms with E-state index in [2.05, 4.69) is 9.05 Å². The third-order valence-electron chi connectivity index (χ3n) is 6.84. The van der Waals surface area contributed by atoms with Crippen LogP contribution in [0.1, 0.15) is 49.0 Å². The summed E-state index contributed by atoms with van der Waals surface area (Å²) in [6.45, 7) is -3.20. The summed E-state index contributed by atoms with van der Waals surface area (Å²) in [7, 11) is -5.73. The molecule has 288 valence electrons. The van der Waals surface area contributed by atoms with E-state index in [1.54, 1.807) is 0 Å². The summed E-state index contributed by atoms with van der Waals surface area (Å²) in [5, 5.41) is 22.4. The molecule has 8 N–H and O–H groups in total. The average molecular weight is 813 g/mol. The number of phosphoric acid groups is 1. The molecule has 0 saturated carbocycles. The Labute approximate surface area is 297 Å². The predicted octanol–water partition coefficient (Wildman–Crippen LogP) is -0.621. The summed E-state index contributed by atoms with van der Waals surface area (Å²) in [5.74, 6) is -5.07. The van der Waals surface area contributed by atoms with Crippen LogP contribution in [0.2, 0.25) is 0 Å². The molecule has 51 heavy (non-hydrogen) atoms. The highest BCUT2D eigenvalue weighted by atomic mass is 32.5. The van der Waals surface area contributed by atoms with Crippen LogP contribution in [0.3, 0.4) is 0 Å². The standard InChI is InChI=1S/C25H35FN2O19P2S2/c1-8(29)39-5-13(26)19-20(41-9(2)30)21(42-10(3)31)22(43-11(4)32)25(45-19)46-48(36,37)47-49(38,50)40-6-14-16(33)17(34)18(44-14)12-7-51-23(15(12)27)24(28)35/h7,13-14,16-22,25,33-34H,5-6,27H2,1-4H3,(H2,28,35)(H,36,37)(H,38,50)/t13-,14?,16?,17?,18?,19?,20?,21?,22?,25?,49?/m0/s1. The quantitative estimate of drug-likeness (QED) is 0.0730. The Morgan fingerprint density at radius 3 is 2.06 bits per heavy atom. The lowest BCUT2D eigenvalue weighted by Crippen LogP contribution is -2.64. The van der Waals surface area contributed by atoms with Gasteiger partial charge in [-0.05, 0) is 17.2 Å². The van der Waals surface area contributed by atoms with Gasteiger partial charge in [0.15, 0.2) is 24.5 Å². The number of halogens is 1. The van der Waals surface area contributed by atoms with Gasteiger partial charge in [-0.3, -0.25) is 28.5 Å². The lowest BCUT2D eigenvalue weighted by Gasteiger charge is -2.44. The van der Waals surface area contributed by atoms with E-state index in [1.165, 1.54) is 5.38 Å². The summed E-state index contributed by atoms with van der Waals surface area (Å²) in [6, 6.07) is 0. The number of carbonyl (C=O) groups excluding carboxylic acids is 5. The van der Waals surface area contributed by atoms with Crippen molar-refractivity contribution in [3.8, 4) is 0 Å². The Morgan fingerprint density at radius 2 is 1.53 bits per heavy atom. The molecular weight excluding hydrogens is 777 g/mol. The first-order chi connectivity index (χ1) is 23.5.